The van der Waals surface area contributed by atoms with E-state index >= 15 is 0 Å². The van der Waals surface area contributed by atoms with E-state index in [4.69, 9.17) is 18.9 Å². The smallest absolute Gasteiger partial charge is 0.430 e. The molecule has 0 aromatic rings. The Balaban J connectivity index is 2.69. The van der Waals surface area contributed by atoms with E-state index in [9.17, 15) is 9.59 Å². The normalized spacial score (nSPS) is 21.5. The zero-order valence-electron chi connectivity index (χ0n) is 28.9. The summed E-state index contributed by atoms with van der Waals surface area (Å²) in [4.78, 5) is 25.3. The van der Waals surface area contributed by atoms with E-state index < -0.39 is 18.4 Å². The Morgan fingerprint density at radius 3 is 1.89 bits per heavy atom. The third-order valence-corrected chi connectivity index (χ3v) is 8.54. The lowest BCUT2D eigenvalue weighted by Crippen LogP contribution is -2.63. The molecule has 0 unspecified atom stereocenters. The number of ether oxygens (including phenoxy) is 4. The van der Waals surface area contributed by atoms with Crippen molar-refractivity contribution in [3.05, 3.63) is 24.9 Å². The molecule has 0 radical (unpaired) electrons. The lowest BCUT2D eigenvalue weighted by molar-refractivity contribution is -0.199. The number of hydrogen-bond donors (Lipinski definition) is 1. The molecule has 1 aliphatic rings. The number of Topliss-reactive ketones (excluding diaryl/α,β-unsaturated/α-hetero) is 1. The molecule has 1 saturated heterocycles. The number of unbranched alkanes of at least 4 members (excludes halogenated alkanes) is 15. The first-order valence-electron chi connectivity index (χ1n) is 18.0. The van der Waals surface area contributed by atoms with E-state index in [2.05, 4.69) is 32.3 Å². The van der Waals surface area contributed by atoms with E-state index in [0.717, 1.165) is 25.7 Å². The quantitative estimate of drug-likeness (QED) is 0.0529. The molecule has 7 heteroatoms. The SMILES string of the molecule is C=CCOC(=O)O[C@H]1[C@H](OCCCCCCCCCC)[C@@H](NC(=C)CC(=O)CCCCCCCCCCC)[C@@H](C)O[C@@H]1CC. The molecule has 5 atom stereocenters. The Morgan fingerprint density at radius 1 is 0.795 bits per heavy atom. The van der Waals surface area contributed by atoms with Gasteiger partial charge in [-0.15, -0.1) is 0 Å². The fourth-order valence-electron chi connectivity index (χ4n) is 5.96. The van der Waals surface area contributed by atoms with Crippen molar-refractivity contribution in [2.75, 3.05) is 13.2 Å². The maximum absolute atomic E-state index is 12.8. The molecule has 1 fully saturated rings. The number of ketones is 1. The lowest BCUT2D eigenvalue weighted by atomic mass is 9.91. The van der Waals surface area contributed by atoms with Crippen LogP contribution in [0.3, 0.4) is 0 Å². The highest BCUT2D eigenvalue weighted by Gasteiger charge is 2.47. The number of carbonyl (C=O) groups is 2. The van der Waals surface area contributed by atoms with E-state index in [1.807, 2.05) is 13.8 Å². The number of allylic oxidation sites excluding steroid dienone is 1. The van der Waals surface area contributed by atoms with Gasteiger partial charge in [0.05, 0.1) is 18.2 Å². The molecule has 0 saturated carbocycles. The first-order valence-corrected chi connectivity index (χ1v) is 18.0. The average Bonchev–Trinajstić information content (AvgIpc) is 3.00. The minimum Gasteiger partial charge on any atom is -0.430 e. The van der Waals surface area contributed by atoms with Gasteiger partial charge in [0.2, 0.25) is 0 Å². The van der Waals surface area contributed by atoms with Crippen LogP contribution in [0.1, 0.15) is 156 Å². The molecule has 0 bridgehead atoms. The molecule has 7 nitrogen and oxygen atoms in total. The molecule has 0 spiro atoms. The summed E-state index contributed by atoms with van der Waals surface area (Å²) in [5, 5.41) is 3.44. The van der Waals surface area contributed by atoms with Crippen LogP contribution in [0.4, 0.5) is 4.79 Å². The summed E-state index contributed by atoms with van der Waals surface area (Å²) < 4.78 is 23.7. The second kappa shape index (κ2) is 26.4. The van der Waals surface area contributed by atoms with Gasteiger partial charge >= 0.3 is 6.16 Å². The van der Waals surface area contributed by atoms with E-state index in [-0.39, 0.29) is 37.1 Å². The summed E-state index contributed by atoms with van der Waals surface area (Å²) in [6, 6.07) is -0.322. The van der Waals surface area contributed by atoms with Gasteiger partial charge in [-0.1, -0.05) is 136 Å². The Hall–Kier alpha value is -1.86. The van der Waals surface area contributed by atoms with Crippen LogP contribution in [-0.2, 0) is 23.7 Å². The van der Waals surface area contributed by atoms with E-state index in [1.165, 1.54) is 89.5 Å². The fraction of sp³-hybridized carbons (Fsp3) is 0.838. The molecule has 0 amide bonds. The second-order valence-electron chi connectivity index (χ2n) is 12.6. The summed E-state index contributed by atoms with van der Waals surface area (Å²) in [5.74, 6) is 0.193. The summed E-state index contributed by atoms with van der Waals surface area (Å²) in [5.41, 5.74) is 0.648. The Morgan fingerprint density at radius 2 is 1.34 bits per heavy atom. The molecule has 256 valence electrons. The van der Waals surface area contributed by atoms with Gasteiger partial charge in [0, 0.05) is 25.1 Å². The molecule has 44 heavy (non-hydrogen) atoms. The molecule has 1 aliphatic heterocycles. The Bertz CT molecular complexity index is 771. The number of rotatable bonds is 28. The van der Waals surface area contributed by atoms with Crippen LogP contribution in [0, 0.1) is 0 Å². The second-order valence-corrected chi connectivity index (χ2v) is 12.6. The van der Waals surface area contributed by atoms with Crippen LogP contribution in [0.5, 0.6) is 0 Å². The highest BCUT2D eigenvalue weighted by atomic mass is 16.7. The molecule has 0 aromatic heterocycles. The van der Waals surface area contributed by atoms with Crippen molar-refractivity contribution in [1.82, 2.24) is 5.32 Å². The van der Waals surface area contributed by atoms with Gasteiger partial charge < -0.3 is 24.3 Å². The van der Waals surface area contributed by atoms with Crippen molar-refractivity contribution in [3.63, 3.8) is 0 Å². The Kier molecular flexibility index (Phi) is 24.1. The summed E-state index contributed by atoms with van der Waals surface area (Å²) in [7, 11) is 0. The molecule has 0 aliphatic carbocycles. The van der Waals surface area contributed by atoms with Crippen LogP contribution in [0.2, 0.25) is 0 Å². The van der Waals surface area contributed by atoms with Gasteiger partial charge in [0.25, 0.3) is 0 Å². The predicted molar refractivity (Wildman–Crippen MR) is 181 cm³/mol. The van der Waals surface area contributed by atoms with E-state index in [1.54, 1.807) is 0 Å². The van der Waals surface area contributed by atoms with Crippen molar-refractivity contribution in [2.24, 2.45) is 0 Å². The first-order chi connectivity index (χ1) is 21.4. The van der Waals surface area contributed by atoms with Crippen molar-refractivity contribution >= 4 is 11.9 Å². The summed E-state index contributed by atoms with van der Waals surface area (Å²) in [6.45, 7) is 16.9. The van der Waals surface area contributed by atoms with Crippen molar-refractivity contribution in [3.8, 4) is 0 Å². The van der Waals surface area contributed by atoms with Gasteiger partial charge in [-0.3, -0.25) is 4.79 Å². The summed E-state index contributed by atoms with van der Waals surface area (Å²) >= 11 is 0. The highest BCUT2D eigenvalue weighted by molar-refractivity contribution is 5.80. The highest BCUT2D eigenvalue weighted by Crippen LogP contribution is 2.29. The average molecular weight is 622 g/mol. The number of nitrogens with one attached hydrogen (secondary N) is 1. The molecular weight excluding hydrogens is 554 g/mol. The third-order valence-electron chi connectivity index (χ3n) is 8.54. The maximum atomic E-state index is 12.8. The first kappa shape index (κ1) is 40.2. The van der Waals surface area contributed by atoms with Gasteiger partial charge in [-0.25, -0.2) is 4.79 Å². The zero-order chi connectivity index (χ0) is 32.4. The summed E-state index contributed by atoms with van der Waals surface area (Å²) in [6.07, 6.45) is 21.3. The minimum atomic E-state index is -0.763. The van der Waals surface area contributed by atoms with Crippen LogP contribution >= 0.6 is 0 Å². The largest absolute Gasteiger partial charge is 0.509 e. The van der Waals surface area contributed by atoms with Crippen LogP contribution in [-0.4, -0.2) is 55.6 Å². The molecular formula is C37H67NO6. The topological polar surface area (TPSA) is 83.1 Å². The molecule has 1 heterocycles. The van der Waals surface area contributed by atoms with Gasteiger partial charge in [-0.05, 0) is 26.2 Å². The van der Waals surface area contributed by atoms with Crippen LogP contribution < -0.4 is 5.32 Å². The Labute approximate surface area is 270 Å². The molecule has 0 aromatic carbocycles. The third kappa shape index (κ3) is 18.2. The predicted octanol–water partition coefficient (Wildman–Crippen LogP) is 9.77. The van der Waals surface area contributed by atoms with Crippen LogP contribution in [0.15, 0.2) is 24.9 Å². The number of carbonyl (C=O) groups excluding carboxylic acids is 2. The monoisotopic (exact) mass is 621 g/mol. The zero-order valence-corrected chi connectivity index (χ0v) is 28.9. The fourth-order valence-corrected chi connectivity index (χ4v) is 5.96. The maximum Gasteiger partial charge on any atom is 0.509 e. The van der Waals surface area contributed by atoms with Gasteiger partial charge in [0.15, 0.2) is 6.10 Å². The molecule has 1 rings (SSSR count). The van der Waals surface area contributed by atoms with Gasteiger partial charge in [-0.2, -0.15) is 0 Å². The van der Waals surface area contributed by atoms with Crippen LogP contribution in [0.25, 0.3) is 0 Å². The standard InChI is InChI=1S/C37H67NO6/c1-7-11-13-15-17-19-20-22-24-26-32(39)29-30(5)38-34-31(6)43-33(10-4)35(44-37(40)42-27-9-3)36(34)41-28-25-23-21-18-16-14-12-8-2/h9,31,33-36,38H,3,5,7-8,10-29H2,1-2,4,6H3/t31-,33-,34+,35-,36-/m1/s1. The van der Waals surface area contributed by atoms with Crippen molar-refractivity contribution in [1.29, 1.82) is 0 Å². The lowest BCUT2D eigenvalue weighted by Gasteiger charge is -2.45. The minimum absolute atomic E-state index is 0.0724. The molecule has 1 N–H and O–H groups in total. The van der Waals surface area contributed by atoms with Crippen molar-refractivity contribution < 1.29 is 28.5 Å². The van der Waals surface area contributed by atoms with Crippen molar-refractivity contribution in [2.45, 2.75) is 187 Å². The number of hydrogen-bond acceptors (Lipinski definition) is 7. The van der Waals surface area contributed by atoms with Gasteiger partial charge in [0.1, 0.15) is 18.5 Å². The van der Waals surface area contributed by atoms with E-state index in [0.29, 0.717) is 25.1 Å².